The van der Waals surface area contributed by atoms with Crippen LogP contribution in [0.3, 0.4) is 0 Å². The third kappa shape index (κ3) is 3.91. The molecule has 0 amide bonds. The first-order chi connectivity index (χ1) is 25.5. The Labute approximate surface area is 309 Å². The maximum atomic E-state index is 2.45. The Balaban J connectivity index is 1.17. The zero-order chi connectivity index (χ0) is 34.6. The second-order valence-electron chi connectivity index (χ2n) is 14.9. The van der Waals surface area contributed by atoms with E-state index in [1.165, 1.54) is 81.9 Å². The smallest absolute Gasteiger partial charge is 0.0735 e. The second-order valence-corrected chi connectivity index (χ2v) is 15.9. The van der Waals surface area contributed by atoms with Crippen LogP contribution in [0.25, 0.3) is 33.0 Å². The molecule has 0 aromatic heterocycles. The fourth-order valence-corrected chi connectivity index (χ4v) is 11.0. The Bertz CT molecular complexity index is 2710. The number of hydrogen-bond acceptors (Lipinski definition) is 2. The van der Waals surface area contributed by atoms with E-state index in [4.69, 9.17) is 0 Å². The molecule has 1 heterocycles. The molecular formula is C50H35NS. The lowest BCUT2D eigenvalue weighted by atomic mass is 9.67. The molecule has 1 spiro atoms. The number of benzene rings is 8. The Morgan fingerprint density at radius 2 is 0.962 bits per heavy atom. The molecular weight excluding hydrogens is 647 g/mol. The van der Waals surface area contributed by atoms with Gasteiger partial charge < -0.3 is 4.90 Å². The average molecular weight is 682 g/mol. The van der Waals surface area contributed by atoms with E-state index in [1.54, 1.807) is 0 Å². The zero-order valence-corrected chi connectivity index (χ0v) is 29.9. The number of hydrogen-bond donors (Lipinski definition) is 0. The van der Waals surface area contributed by atoms with E-state index < -0.39 is 5.41 Å². The van der Waals surface area contributed by atoms with Gasteiger partial charge in [0.2, 0.25) is 0 Å². The minimum absolute atomic E-state index is 0.0869. The van der Waals surface area contributed by atoms with Crippen molar-refractivity contribution in [2.24, 2.45) is 0 Å². The van der Waals surface area contributed by atoms with Gasteiger partial charge in [-0.15, -0.1) is 0 Å². The zero-order valence-electron chi connectivity index (χ0n) is 29.1. The van der Waals surface area contributed by atoms with Crippen molar-refractivity contribution >= 4 is 39.6 Å². The van der Waals surface area contributed by atoms with Crippen molar-refractivity contribution in [3.8, 4) is 22.3 Å². The Hall–Kier alpha value is -5.83. The highest BCUT2D eigenvalue weighted by molar-refractivity contribution is 7.99. The van der Waals surface area contributed by atoms with Crippen LogP contribution in [0, 0.1) is 0 Å². The topological polar surface area (TPSA) is 3.24 Å². The van der Waals surface area contributed by atoms with E-state index in [0.717, 1.165) is 11.4 Å². The van der Waals surface area contributed by atoms with E-state index in [9.17, 15) is 0 Å². The van der Waals surface area contributed by atoms with Gasteiger partial charge in [0.25, 0.3) is 0 Å². The largest absolute Gasteiger partial charge is 0.310 e. The van der Waals surface area contributed by atoms with Gasteiger partial charge in [-0.25, -0.2) is 0 Å². The SMILES string of the molecule is CC1(C)c2ccccc2-c2ccc(N(c3ccccc3)c3ccc4c(c3)Sc3c(ccc5ccccc35)C43c4ccccc4-c4ccccc43)cc21. The van der Waals surface area contributed by atoms with E-state index in [-0.39, 0.29) is 5.41 Å². The van der Waals surface area contributed by atoms with Crippen molar-refractivity contribution < 1.29 is 0 Å². The van der Waals surface area contributed by atoms with Crippen molar-refractivity contribution in [3.63, 3.8) is 0 Å². The number of rotatable bonds is 3. The van der Waals surface area contributed by atoms with Gasteiger partial charge in [-0.05, 0) is 103 Å². The molecule has 0 saturated carbocycles. The van der Waals surface area contributed by atoms with E-state index >= 15 is 0 Å². The van der Waals surface area contributed by atoms with Crippen LogP contribution in [0.1, 0.15) is 47.2 Å². The molecule has 0 atom stereocenters. The van der Waals surface area contributed by atoms with Crippen LogP contribution in [0.4, 0.5) is 17.1 Å². The van der Waals surface area contributed by atoms with Gasteiger partial charge in [-0.1, -0.05) is 165 Å². The number of para-hydroxylation sites is 1. The third-order valence-electron chi connectivity index (χ3n) is 11.9. The van der Waals surface area contributed by atoms with Gasteiger partial charge in [0.05, 0.1) is 5.41 Å². The molecule has 2 aliphatic carbocycles. The Morgan fingerprint density at radius 3 is 1.71 bits per heavy atom. The van der Waals surface area contributed by atoms with Gasteiger partial charge in [0.1, 0.15) is 0 Å². The van der Waals surface area contributed by atoms with E-state index in [0.29, 0.717) is 0 Å². The predicted molar refractivity (Wildman–Crippen MR) is 218 cm³/mol. The summed E-state index contributed by atoms with van der Waals surface area (Å²) < 4.78 is 0. The minimum Gasteiger partial charge on any atom is -0.310 e. The summed E-state index contributed by atoms with van der Waals surface area (Å²) in [5.41, 5.74) is 16.5. The monoisotopic (exact) mass is 681 g/mol. The van der Waals surface area contributed by atoms with Crippen molar-refractivity contribution in [3.05, 3.63) is 209 Å². The molecule has 0 fully saturated rings. The van der Waals surface area contributed by atoms with Crippen molar-refractivity contribution in [1.29, 1.82) is 0 Å². The summed E-state index contributed by atoms with van der Waals surface area (Å²) in [5, 5.41) is 2.58. The van der Waals surface area contributed by atoms with Crippen LogP contribution >= 0.6 is 11.8 Å². The molecule has 2 heteroatoms. The first kappa shape index (κ1) is 29.9. The summed E-state index contributed by atoms with van der Waals surface area (Å²) in [6.07, 6.45) is 0. The quantitative estimate of drug-likeness (QED) is 0.183. The van der Waals surface area contributed by atoms with Crippen LogP contribution in [0.15, 0.2) is 186 Å². The lowest BCUT2D eigenvalue weighted by Crippen LogP contribution is -2.32. The van der Waals surface area contributed by atoms with Gasteiger partial charge >= 0.3 is 0 Å². The fourth-order valence-electron chi connectivity index (χ4n) is 9.62. The second kappa shape index (κ2) is 10.8. The van der Waals surface area contributed by atoms with Gasteiger partial charge in [0.15, 0.2) is 0 Å². The number of fused-ring (bicyclic) bond motifs is 14. The highest BCUT2D eigenvalue weighted by Crippen LogP contribution is 2.63. The number of anilines is 3. The van der Waals surface area contributed by atoms with Crippen molar-refractivity contribution in [1.82, 2.24) is 0 Å². The molecule has 11 rings (SSSR count). The lowest BCUT2D eigenvalue weighted by Gasteiger charge is -2.40. The Morgan fingerprint density at radius 1 is 0.404 bits per heavy atom. The maximum absolute atomic E-state index is 2.45. The summed E-state index contributed by atoms with van der Waals surface area (Å²) in [7, 11) is 0. The minimum atomic E-state index is -0.424. The molecule has 0 radical (unpaired) electrons. The van der Waals surface area contributed by atoms with Crippen LogP contribution in [0.5, 0.6) is 0 Å². The molecule has 3 aliphatic rings. The molecule has 0 bridgehead atoms. The fraction of sp³-hybridized carbons (Fsp3) is 0.0800. The van der Waals surface area contributed by atoms with Crippen LogP contribution in [-0.2, 0) is 10.8 Å². The van der Waals surface area contributed by atoms with E-state index in [1.807, 2.05) is 11.8 Å². The first-order valence-electron chi connectivity index (χ1n) is 18.2. The molecule has 0 saturated heterocycles. The van der Waals surface area contributed by atoms with Crippen molar-refractivity contribution in [2.75, 3.05) is 4.90 Å². The summed E-state index contributed by atoms with van der Waals surface area (Å²) >= 11 is 1.93. The molecule has 1 nitrogen and oxygen atoms in total. The third-order valence-corrected chi connectivity index (χ3v) is 13.1. The maximum Gasteiger partial charge on any atom is 0.0735 e. The first-order valence-corrected chi connectivity index (χ1v) is 19.0. The van der Waals surface area contributed by atoms with Gasteiger partial charge in [-0.3, -0.25) is 0 Å². The molecule has 52 heavy (non-hydrogen) atoms. The summed E-state index contributed by atoms with van der Waals surface area (Å²) in [6.45, 7) is 4.73. The molecule has 246 valence electrons. The number of nitrogens with zero attached hydrogens (tertiary/aromatic N) is 1. The Kier molecular flexibility index (Phi) is 6.22. The van der Waals surface area contributed by atoms with Gasteiger partial charge in [0, 0.05) is 32.3 Å². The molecule has 0 N–H and O–H groups in total. The molecule has 8 aromatic rings. The summed E-state index contributed by atoms with van der Waals surface area (Å²) in [6, 6.07) is 65.8. The predicted octanol–water partition coefficient (Wildman–Crippen LogP) is 13.4. The van der Waals surface area contributed by atoms with Crippen LogP contribution in [-0.4, -0.2) is 0 Å². The molecule has 0 unspecified atom stereocenters. The van der Waals surface area contributed by atoms with Gasteiger partial charge in [-0.2, -0.15) is 0 Å². The molecule has 8 aromatic carbocycles. The highest BCUT2D eigenvalue weighted by atomic mass is 32.2. The highest BCUT2D eigenvalue weighted by Gasteiger charge is 2.50. The van der Waals surface area contributed by atoms with Crippen LogP contribution < -0.4 is 4.90 Å². The summed E-state index contributed by atoms with van der Waals surface area (Å²) in [4.78, 5) is 5.09. The normalized spacial score (nSPS) is 15.0. The standard InChI is InChI=1S/C50H35NS/c1-49(2)41-21-11-8-18-37(41)40-27-25-34(30-46(40)49)51(33-15-4-3-5-16-33)35-26-29-44-47(31-35)52-48-36-17-7-6-14-32(36)24-28-45(48)50(44)42-22-12-9-19-38(42)39-20-10-13-23-43(39)50/h3-31H,1-2H3. The van der Waals surface area contributed by atoms with Crippen LogP contribution in [0.2, 0.25) is 0 Å². The lowest BCUT2D eigenvalue weighted by molar-refractivity contribution is 0.660. The van der Waals surface area contributed by atoms with Crippen molar-refractivity contribution in [2.45, 2.75) is 34.5 Å². The average Bonchev–Trinajstić information content (AvgIpc) is 3.61. The summed E-state index contributed by atoms with van der Waals surface area (Å²) in [5.74, 6) is 0. The molecule has 1 aliphatic heterocycles. The van der Waals surface area contributed by atoms with E-state index in [2.05, 4.69) is 195 Å².